The van der Waals surface area contributed by atoms with Gasteiger partial charge >= 0.3 is 0 Å². The first-order chi connectivity index (χ1) is 29.2. The summed E-state index contributed by atoms with van der Waals surface area (Å²) in [6.45, 7) is 4.18. The second-order valence-electron chi connectivity index (χ2n) is 16.8. The van der Waals surface area contributed by atoms with Crippen molar-refractivity contribution in [3.05, 3.63) is 85.1 Å². The predicted molar refractivity (Wildman–Crippen MR) is 262 cm³/mol. The molecule has 0 aromatic carbocycles. The molecule has 4 nitrogen and oxygen atoms in total. The van der Waals surface area contributed by atoms with Crippen LogP contribution in [0.5, 0.6) is 0 Å². The molecule has 0 saturated carbocycles. The Morgan fingerprint density at radius 3 is 1.19 bits per heavy atom. The number of rotatable bonds is 45. The SMILES string of the molecule is CC/C=C\C/C=C\C/C=C\C/C=C\C/C=C\CCCCCCCCCCCCCCCCCCCC(=O)NC(CO)C(O)/C=C/CC/C=C/CCCCCCCCCC. The average molecular weight is 820 g/mol. The van der Waals surface area contributed by atoms with Crippen LogP contribution >= 0.6 is 0 Å². The summed E-state index contributed by atoms with van der Waals surface area (Å²) < 4.78 is 0. The van der Waals surface area contributed by atoms with E-state index in [-0.39, 0.29) is 12.5 Å². The largest absolute Gasteiger partial charge is 0.394 e. The van der Waals surface area contributed by atoms with E-state index in [1.54, 1.807) is 6.08 Å². The van der Waals surface area contributed by atoms with Crippen LogP contribution in [0.15, 0.2) is 85.1 Å². The van der Waals surface area contributed by atoms with Crippen molar-refractivity contribution in [1.29, 1.82) is 0 Å². The standard InChI is InChI=1S/C55H97NO3/c1-3-5-7-9-11-13-15-17-19-20-21-22-23-24-25-26-27-28-29-30-31-32-33-34-35-36-37-39-41-43-45-47-49-51-55(59)56-53(52-57)54(58)50-48-46-44-42-40-38-18-16-14-12-10-8-6-4-2/h5,7,11,13,17,19,21-22,24-25,40,42,48,50,53-54,57-58H,3-4,6,8-10,12,14-16,18,20,23,26-39,41,43-47,49,51-52H2,1-2H3,(H,56,59)/b7-5-,13-11-,19-17-,22-21-,25-24-,42-40+,50-48+. The Bertz CT molecular complexity index is 1070. The van der Waals surface area contributed by atoms with Crippen LogP contribution in [0.1, 0.15) is 239 Å². The first-order valence-corrected chi connectivity index (χ1v) is 25.3. The van der Waals surface area contributed by atoms with Gasteiger partial charge in [0.15, 0.2) is 0 Å². The number of amides is 1. The van der Waals surface area contributed by atoms with E-state index in [1.165, 1.54) is 154 Å². The highest BCUT2D eigenvalue weighted by atomic mass is 16.3. The number of aliphatic hydroxyl groups excluding tert-OH is 2. The quantitative estimate of drug-likeness (QED) is 0.0423. The highest BCUT2D eigenvalue weighted by Gasteiger charge is 2.17. The van der Waals surface area contributed by atoms with Gasteiger partial charge in [0.1, 0.15) is 0 Å². The lowest BCUT2D eigenvalue weighted by atomic mass is 10.0. The smallest absolute Gasteiger partial charge is 0.220 e. The molecule has 1 amide bonds. The lowest BCUT2D eigenvalue weighted by Gasteiger charge is -2.19. The summed E-state index contributed by atoms with van der Waals surface area (Å²) in [6, 6.07) is -0.641. The summed E-state index contributed by atoms with van der Waals surface area (Å²) in [5.41, 5.74) is 0. The summed E-state index contributed by atoms with van der Waals surface area (Å²) in [5.74, 6) is -0.0755. The van der Waals surface area contributed by atoms with Crippen LogP contribution < -0.4 is 5.32 Å². The molecule has 0 saturated heterocycles. The molecule has 0 spiro atoms. The zero-order valence-electron chi connectivity index (χ0n) is 39.0. The number of unbranched alkanes of at least 4 members (excludes halogenated alkanes) is 26. The Kier molecular flexibility index (Phi) is 47.9. The monoisotopic (exact) mass is 820 g/mol. The zero-order chi connectivity index (χ0) is 42.8. The van der Waals surface area contributed by atoms with Gasteiger partial charge in [0.05, 0.1) is 18.8 Å². The Morgan fingerprint density at radius 1 is 0.424 bits per heavy atom. The Labute approximate surface area is 367 Å². The topological polar surface area (TPSA) is 69.6 Å². The number of carbonyl (C=O) groups is 1. The number of nitrogens with one attached hydrogen (secondary N) is 1. The van der Waals surface area contributed by atoms with Crippen LogP contribution in [-0.4, -0.2) is 34.9 Å². The third kappa shape index (κ3) is 46.5. The van der Waals surface area contributed by atoms with Crippen LogP contribution in [0.2, 0.25) is 0 Å². The average Bonchev–Trinajstić information content (AvgIpc) is 3.24. The van der Waals surface area contributed by atoms with E-state index < -0.39 is 12.1 Å². The normalized spacial score (nSPS) is 13.6. The van der Waals surface area contributed by atoms with Gasteiger partial charge < -0.3 is 15.5 Å². The van der Waals surface area contributed by atoms with Crippen molar-refractivity contribution >= 4 is 5.91 Å². The molecule has 4 heteroatoms. The molecule has 0 aromatic heterocycles. The van der Waals surface area contributed by atoms with Crippen LogP contribution in [0, 0.1) is 0 Å². The lowest BCUT2D eigenvalue weighted by molar-refractivity contribution is -0.123. The maximum atomic E-state index is 12.4. The summed E-state index contributed by atoms with van der Waals surface area (Å²) in [7, 11) is 0. The maximum absolute atomic E-state index is 12.4. The molecule has 0 aliphatic rings. The summed E-state index contributed by atoms with van der Waals surface area (Å²) in [5, 5.41) is 23.0. The Balaban J connectivity index is 3.52. The molecular formula is C55H97NO3. The third-order valence-electron chi connectivity index (χ3n) is 11.1. The van der Waals surface area contributed by atoms with Crippen molar-refractivity contribution in [2.75, 3.05) is 6.61 Å². The van der Waals surface area contributed by atoms with E-state index in [0.29, 0.717) is 6.42 Å². The molecular weight excluding hydrogens is 723 g/mol. The second kappa shape index (κ2) is 49.9. The number of carbonyl (C=O) groups excluding carboxylic acids is 1. The predicted octanol–water partition coefficient (Wildman–Crippen LogP) is 16.4. The van der Waals surface area contributed by atoms with Crippen molar-refractivity contribution in [2.24, 2.45) is 0 Å². The number of hydrogen-bond acceptors (Lipinski definition) is 3. The summed E-state index contributed by atoms with van der Waals surface area (Å²) in [4.78, 5) is 12.4. The van der Waals surface area contributed by atoms with Crippen molar-refractivity contribution in [2.45, 2.75) is 251 Å². The molecule has 0 bridgehead atoms. The van der Waals surface area contributed by atoms with E-state index in [1.807, 2.05) is 6.08 Å². The summed E-state index contributed by atoms with van der Waals surface area (Å²) >= 11 is 0. The van der Waals surface area contributed by atoms with Crippen molar-refractivity contribution < 1.29 is 15.0 Å². The van der Waals surface area contributed by atoms with Crippen LogP contribution in [0.4, 0.5) is 0 Å². The molecule has 0 aromatic rings. The van der Waals surface area contributed by atoms with Crippen molar-refractivity contribution in [3.63, 3.8) is 0 Å². The van der Waals surface area contributed by atoms with Crippen LogP contribution in [-0.2, 0) is 4.79 Å². The van der Waals surface area contributed by atoms with E-state index in [2.05, 4.69) is 92.1 Å². The second-order valence-corrected chi connectivity index (χ2v) is 16.8. The van der Waals surface area contributed by atoms with Gasteiger partial charge in [-0.3, -0.25) is 4.79 Å². The lowest BCUT2D eigenvalue weighted by Crippen LogP contribution is -2.45. The molecule has 2 unspecified atom stereocenters. The van der Waals surface area contributed by atoms with Gasteiger partial charge in [0, 0.05) is 6.42 Å². The van der Waals surface area contributed by atoms with E-state index in [9.17, 15) is 15.0 Å². The minimum Gasteiger partial charge on any atom is -0.394 e. The molecule has 59 heavy (non-hydrogen) atoms. The molecule has 3 N–H and O–H groups in total. The number of aliphatic hydroxyl groups is 2. The van der Waals surface area contributed by atoms with E-state index in [0.717, 1.165) is 64.2 Å². The fourth-order valence-electron chi connectivity index (χ4n) is 7.28. The Hall–Kier alpha value is -2.43. The molecule has 0 heterocycles. The fraction of sp³-hybridized carbons (Fsp3) is 0.727. The van der Waals surface area contributed by atoms with Crippen molar-refractivity contribution in [3.8, 4) is 0 Å². The molecule has 0 aliphatic heterocycles. The fourth-order valence-corrected chi connectivity index (χ4v) is 7.28. The summed E-state index contributed by atoms with van der Waals surface area (Å²) in [6.07, 6.45) is 72.9. The van der Waals surface area contributed by atoms with Gasteiger partial charge in [-0.05, 0) is 77.0 Å². The van der Waals surface area contributed by atoms with Gasteiger partial charge in [-0.15, -0.1) is 0 Å². The van der Waals surface area contributed by atoms with Gasteiger partial charge in [-0.25, -0.2) is 0 Å². The van der Waals surface area contributed by atoms with Gasteiger partial charge in [0.2, 0.25) is 5.91 Å². The molecule has 0 fully saturated rings. The number of hydrogen-bond donors (Lipinski definition) is 3. The van der Waals surface area contributed by atoms with E-state index >= 15 is 0 Å². The molecule has 0 radical (unpaired) electrons. The zero-order valence-corrected chi connectivity index (χ0v) is 39.0. The van der Waals surface area contributed by atoms with Gasteiger partial charge in [-0.2, -0.15) is 0 Å². The minimum absolute atomic E-state index is 0.0755. The minimum atomic E-state index is -0.864. The Morgan fingerprint density at radius 2 is 0.763 bits per heavy atom. The first kappa shape index (κ1) is 56.6. The molecule has 0 rings (SSSR count). The molecule has 0 aliphatic carbocycles. The highest BCUT2D eigenvalue weighted by Crippen LogP contribution is 2.15. The van der Waals surface area contributed by atoms with Crippen LogP contribution in [0.25, 0.3) is 0 Å². The van der Waals surface area contributed by atoms with Crippen molar-refractivity contribution in [1.82, 2.24) is 5.32 Å². The van der Waals surface area contributed by atoms with Gasteiger partial charge in [-0.1, -0.05) is 240 Å². The maximum Gasteiger partial charge on any atom is 0.220 e. The highest BCUT2D eigenvalue weighted by molar-refractivity contribution is 5.76. The molecule has 340 valence electrons. The van der Waals surface area contributed by atoms with Gasteiger partial charge in [0.25, 0.3) is 0 Å². The number of allylic oxidation sites excluding steroid dienone is 13. The first-order valence-electron chi connectivity index (χ1n) is 25.3. The third-order valence-corrected chi connectivity index (χ3v) is 11.1. The van der Waals surface area contributed by atoms with E-state index in [4.69, 9.17) is 0 Å². The van der Waals surface area contributed by atoms with Crippen LogP contribution in [0.3, 0.4) is 0 Å². The molecule has 2 atom stereocenters.